The van der Waals surface area contributed by atoms with Crippen LogP contribution in [0.2, 0.25) is 0 Å². The number of carboxylic acid groups (broad SMARTS) is 1. The second-order valence-electron chi connectivity index (χ2n) is 0.639. The van der Waals surface area contributed by atoms with Gasteiger partial charge >= 0.3 is 126 Å². The predicted octanol–water partition coefficient (Wildman–Crippen LogP) is -0.692. The van der Waals surface area contributed by atoms with Crippen molar-refractivity contribution in [2.24, 2.45) is 0 Å². The number of halogens is 2. The summed E-state index contributed by atoms with van der Waals surface area (Å²) in [4.78, 5) is 9.19. The van der Waals surface area contributed by atoms with Gasteiger partial charge in [-0.1, -0.05) is 11.6 Å². The zero-order chi connectivity index (χ0) is 5.15. The number of carboxylic acids is 1. The van der Waals surface area contributed by atoms with Crippen molar-refractivity contribution in [3.8, 4) is 0 Å². The molecule has 0 rings (SSSR count). The van der Waals surface area contributed by atoms with Crippen molar-refractivity contribution in [2.45, 2.75) is 5.63 Å². The standard InChI is InChI=1S/C2H2ClFO2.Cs.K.2H/c3-1(4)2(5)6;;;;/h1H,(H,5,6);;;;. The summed E-state index contributed by atoms with van der Waals surface area (Å²) in [6.45, 7) is 0. The summed E-state index contributed by atoms with van der Waals surface area (Å²) in [5, 5.41) is 7.48. The fourth-order valence-corrected chi connectivity index (χ4v) is 0. The first kappa shape index (κ1) is 17.5. The van der Waals surface area contributed by atoms with Crippen LogP contribution in [0.4, 0.5) is 4.39 Å². The van der Waals surface area contributed by atoms with Crippen LogP contribution in [-0.4, -0.2) is 137 Å². The van der Waals surface area contributed by atoms with Crippen molar-refractivity contribution >= 4 is 138 Å². The molecule has 2 nitrogen and oxygen atoms in total. The van der Waals surface area contributed by atoms with E-state index in [0.717, 1.165) is 0 Å². The Balaban J connectivity index is -0.000000125. The molecule has 6 heteroatoms. The summed E-state index contributed by atoms with van der Waals surface area (Å²) in [5.41, 5.74) is -2.26. The van der Waals surface area contributed by atoms with Gasteiger partial charge in [-0.05, 0) is 0 Å². The predicted molar refractivity (Wildman–Crippen MR) is 32.7 cm³/mol. The van der Waals surface area contributed by atoms with E-state index >= 15 is 0 Å². The third kappa shape index (κ3) is 12.1. The van der Waals surface area contributed by atoms with E-state index in [1.165, 1.54) is 0 Å². The van der Waals surface area contributed by atoms with Gasteiger partial charge < -0.3 is 5.11 Å². The molecule has 0 saturated heterocycles. The van der Waals surface area contributed by atoms with E-state index in [0.29, 0.717) is 0 Å². The molecule has 1 atom stereocenters. The van der Waals surface area contributed by atoms with Crippen LogP contribution in [-0.2, 0) is 4.79 Å². The van der Waals surface area contributed by atoms with Crippen molar-refractivity contribution in [1.29, 1.82) is 0 Å². The minimum absolute atomic E-state index is 0. The summed E-state index contributed by atoms with van der Waals surface area (Å²) in [6.07, 6.45) is 0. The molecule has 0 aromatic rings. The van der Waals surface area contributed by atoms with Gasteiger partial charge in [-0.2, -0.15) is 0 Å². The Morgan fingerprint density at radius 3 is 1.88 bits per heavy atom. The zero-order valence-corrected chi connectivity index (χ0v) is 3.44. The van der Waals surface area contributed by atoms with Crippen LogP contribution in [0.15, 0.2) is 0 Å². The van der Waals surface area contributed by atoms with Crippen LogP contribution in [0.3, 0.4) is 0 Å². The fourth-order valence-electron chi connectivity index (χ4n) is 0. The molecule has 0 aliphatic carbocycles. The molecule has 0 aliphatic rings. The molecule has 0 amide bonds. The van der Waals surface area contributed by atoms with E-state index in [4.69, 9.17) is 5.11 Å². The molecule has 0 aromatic carbocycles. The summed E-state index contributed by atoms with van der Waals surface area (Å²) in [7, 11) is 0. The van der Waals surface area contributed by atoms with Crippen molar-refractivity contribution in [2.75, 3.05) is 0 Å². The first-order valence-electron chi connectivity index (χ1n) is 1.15. The van der Waals surface area contributed by atoms with E-state index in [2.05, 4.69) is 11.6 Å². The Hall–Kier alpha value is 3.38. The Bertz CT molecular complexity index is 71.1. The summed E-state index contributed by atoms with van der Waals surface area (Å²) in [6, 6.07) is 0. The Kier molecular flexibility index (Phi) is 22.6. The van der Waals surface area contributed by atoms with Gasteiger partial charge in [0.1, 0.15) is 0 Å². The average molecular weight is 287 g/mol. The molecule has 8 heavy (non-hydrogen) atoms. The van der Waals surface area contributed by atoms with E-state index < -0.39 is 11.6 Å². The summed E-state index contributed by atoms with van der Waals surface area (Å²) >= 11 is 4.35. The molecule has 0 bridgehead atoms. The Morgan fingerprint density at radius 2 is 1.88 bits per heavy atom. The molecule has 1 unspecified atom stereocenters. The number of carbonyl (C=O) groups is 1. The third-order valence-corrected chi connectivity index (χ3v) is 0.373. The number of hydrogen-bond donors (Lipinski definition) is 1. The van der Waals surface area contributed by atoms with Gasteiger partial charge in [0.25, 0.3) is 5.63 Å². The van der Waals surface area contributed by atoms with E-state index in [1.54, 1.807) is 0 Å². The quantitative estimate of drug-likeness (QED) is 0.512. The molecule has 0 spiro atoms. The van der Waals surface area contributed by atoms with Gasteiger partial charge in [-0.25, -0.2) is 9.18 Å². The molecule has 0 aromatic heterocycles. The van der Waals surface area contributed by atoms with Gasteiger partial charge in [0.05, 0.1) is 0 Å². The van der Waals surface area contributed by atoms with Gasteiger partial charge in [0.15, 0.2) is 0 Å². The van der Waals surface area contributed by atoms with Crippen LogP contribution in [0.25, 0.3) is 0 Å². The monoisotopic (exact) mass is 286 g/mol. The molecular weight excluding hydrogens is 282 g/mol. The fraction of sp³-hybridized carbons (Fsp3) is 0.500. The first-order chi connectivity index (χ1) is 2.64. The number of aliphatic carboxylic acids is 1. The molecule has 40 valence electrons. The molecule has 0 aliphatic heterocycles. The van der Waals surface area contributed by atoms with Crippen LogP contribution in [0, 0.1) is 0 Å². The molecule has 1 N–H and O–H groups in total. The average Bonchev–Trinajstić information content (AvgIpc) is 1.36. The first-order valence-corrected chi connectivity index (χ1v) is 1.59. The van der Waals surface area contributed by atoms with Crippen molar-refractivity contribution in [3.05, 3.63) is 0 Å². The van der Waals surface area contributed by atoms with Crippen molar-refractivity contribution in [1.82, 2.24) is 0 Å². The van der Waals surface area contributed by atoms with E-state index in [9.17, 15) is 9.18 Å². The zero-order valence-electron chi connectivity index (χ0n) is 2.69. The normalized spacial score (nSPS) is 10.2. The SMILES string of the molecule is O=C(O)C(F)Cl.[CsH].[KH]. The minimum atomic E-state index is -2.26. The second-order valence-corrected chi connectivity index (χ2v) is 1.02. The third-order valence-electron chi connectivity index (χ3n) is 0.187. The maximum atomic E-state index is 11.0. The number of alkyl halides is 2. The Morgan fingerprint density at radius 1 is 1.75 bits per heavy atom. The molecule has 0 radical (unpaired) electrons. The number of rotatable bonds is 1. The van der Waals surface area contributed by atoms with Crippen molar-refractivity contribution < 1.29 is 14.3 Å². The van der Waals surface area contributed by atoms with Gasteiger partial charge in [0.2, 0.25) is 0 Å². The van der Waals surface area contributed by atoms with Crippen LogP contribution >= 0.6 is 11.6 Å². The van der Waals surface area contributed by atoms with Gasteiger partial charge in [-0.15, -0.1) is 0 Å². The topological polar surface area (TPSA) is 37.3 Å². The van der Waals surface area contributed by atoms with Gasteiger partial charge in [0, 0.05) is 0 Å². The summed E-state index contributed by atoms with van der Waals surface area (Å²) in [5.74, 6) is -1.64. The van der Waals surface area contributed by atoms with E-state index in [1.807, 2.05) is 0 Å². The van der Waals surface area contributed by atoms with Crippen LogP contribution in [0.5, 0.6) is 0 Å². The molecular formula is C2H4ClCsFKO2. The van der Waals surface area contributed by atoms with Crippen LogP contribution in [0.1, 0.15) is 0 Å². The summed E-state index contributed by atoms with van der Waals surface area (Å²) < 4.78 is 11.0. The van der Waals surface area contributed by atoms with Crippen LogP contribution < -0.4 is 0 Å². The van der Waals surface area contributed by atoms with Crippen molar-refractivity contribution in [3.63, 3.8) is 0 Å². The Labute approximate surface area is 153 Å². The molecule has 0 saturated carbocycles. The maximum absolute atomic E-state index is 11.0. The molecule has 0 fully saturated rings. The second kappa shape index (κ2) is 10.4. The number of hydrogen-bond acceptors (Lipinski definition) is 1. The molecule has 0 heterocycles. The van der Waals surface area contributed by atoms with E-state index in [-0.39, 0.29) is 120 Å². The van der Waals surface area contributed by atoms with Gasteiger partial charge in [-0.3, -0.25) is 0 Å².